The standard InChI is InChI=1S/C24H37ClN2O2/c1-23(2,3)29-22(28)27-14-12-26(13-15-27)17-19-10-11-24(4,5)16-21(19)18-6-8-20(25)9-7-18/h6-9,19,21H,10-17H2,1-5H3. The minimum Gasteiger partial charge on any atom is -0.444 e. The van der Waals surface area contributed by atoms with Crippen molar-refractivity contribution in [3.8, 4) is 0 Å². The van der Waals surface area contributed by atoms with Gasteiger partial charge in [-0.15, -0.1) is 0 Å². The van der Waals surface area contributed by atoms with E-state index in [2.05, 4.69) is 30.9 Å². The molecule has 0 spiro atoms. The number of hydrogen-bond acceptors (Lipinski definition) is 3. The molecule has 5 heteroatoms. The average molecular weight is 421 g/mol. The van der Waals surface area contributed by atoms with Crippen LogP contribution in [-0.4, -0.2) is 54.2 Å². The fourth-order valence-corrected chi connectivity index (χ4v) is 4.86. The Morgan fingerprint density at radius 1 is 1.14 bits per heavy atom. The lowest BCUT2D eigenvalue weighted by atomic mass is 9.65. The van der Waals surface area contributed by atoms with Crippen LogP contribution in [-0.2, 0) is 4.74 Å². The van der Waals surface area contributed by atoms with Crippen molar-refractivity contribution >= 4 is 17.7 Å². The topological polar surface area (TPSA) is 32.8 Å². The lowest BCUT2D eigenvalue weighted by Gasteiger charge is -2.44. The van der Waals surface area contributed by atoms with Gasteiger partial charge in [0, 0.05) is 37.7 Å². The largest absolute Gasteiger partial charge is 0.444 e. The highest BCUT2D eigenvalue weighted by molar-refractivity contribution is 6.30. The molecule has 1 amide bonds. The van der Waals surface area contributed by atoms with Crippen molar-refractivity contribution in [2.24, 2.45) is 11.3 Å². The number of carbonyl (C=O) groups is 1. The number of carbonyl (C=O) groups excluding carboxylic acids is 1. The maximum Gasteiger partial charge on any atom is 0.410 e. The summed E-state index contributed by atoms with van der Waals surface area (Å²) in [5.74, 6) is 1.22. The van der Waals surface area contributed by atoms with E-state index in [0.29, 0.717) is 17.3 Å². The van der Waals surface area contributed by atoms with E-state index in [-0.39, 0.29) is 6.09 Å². The second kappa shape index (κ2) is 8.85. The van der Waals surface area contributed by atoms with Gasteiger partial charge < -0.3 is 9.64 Å². The van der Waals surface area contributed by atoms with Gasteiger partial charge in [0.1, 0.15) is 5.60 Å². The van der Waals surface area contributed by atoms with Gasteiger partial charge >= 0.3 is 6.09 Å². The van der Waals surface area contributed by atoms with E-state index >= 15 is 0 Å². The fraction of sp³-hybridized carbons (Fsp3) is 0.708. The molecule has 1 aliphatic heterocycles. The zero-order valence-corrected chi connectivity index (χ0v) is 19.5. The molecule has 0 aromatic heterocycles. The van der Waals surface area contributed by atoms with Crippen LogP contribution in [0.15, 0.2) is 24.3 Å². The van der Waals surface area contributed by atoms with Gasteiger partial charge in [-0.2, -0.15) is 0 Å². The van der Waals surface area contributed by atoms with E-state index < -0.39 is 5.60 Å². The molecule has 0 N–H and O–H groups in total. The van der Waals surface area contributed by atoms with E-state index in [1.807, 2.05) is 37.8 Å². The first-order chi connectivity index (χ1) is 13.5. The predicted molar refractivity (Wildman–Crippen MR) is 120 cm³/mol. The van der Waals surface area contributed by atoms with E-state index in [1.54, 1.807) is 0 Å². The lowest BCUT2D eigenvalue weighted by Crippen LogP contribution is -2.51. The molecule has 1 heterocycles. The Morgan fingerprint density at radius 2 is 1.76 bits per heavy atom. The fourth-order valence-electron chi connectivity index (χ4n) is 4.73. The Hall–Kier alpha value is -1.26. The molecule has 1 saturated carbocycles. The molecule has 1 aromatic rings. The van der Waals surface area contributed by atoms with Crippen LogP contribution in [0.1, 0.15) is 65.4 Å². The zero-order valence-electron chi connectivity index (χ0n) is 18.7. The number of piperazine rings is 1. The van der Waals surface area contributed by atoms with Crippen molar-refractivity contribution in [1.29, 1.82) is 0 Å². The summed E-state index contributed by atoms with van der Waals surface area (Å²) < 4.78 is 5.53. The van der Waals surface area contributed by atoms with Gasteiger partial charge in [-0.05, 0) is 75.0 Å². The van der Waals surface area contributed by atoms with Crippen LogP contribution in [0.4, 0.5) is 4.79 Å². The molecule has 29 heavy (non-hydrogen) atoms. The summed E-state index contributed by atoms with van der Waals surface area (Å²) in [6.07, 6.45) is 3.57. The number of halogens is 1. The van der Waals surface area contributed by atoms with Crippen LogP contribution < -0.4 is 0 Å². The minimum absolute atomic E-state index is 0.185. The van der Waals surface area contributed by atoms with Crippen LogP contribution in [0.2, 0.25) is 5.02 Å². The molecule has 1 saturated heterocycles. The summed E-state index contributed by atoms with van der Waals surface area (Å²) in [5.41, 5.74) is 1.37. The molecular weight excluding hydrogens is 384 g/mol. The van der Waals surface area contributed by atoms with E-state index in [0.717, 1.165) is 37.7 Å². The van der Waals surface area contributed by atoms with Crippen molar-refractivity contribution in [2.75, 3.05) is 32.7 Å². The highest BCUT2D eigenvalue weighted by Gasteiger charge is 2.37. The SMILES string of the molecule is CC1(C)CCC(CN2CCN(C(=O)OC(C)(C)C)CC2)C(c2ccc(Cl)cc2)C1. The van der Waals surface area contributed by atoms with E-state index in [4.69, 9.17) is 16.3 Å². The van der Waals surface area contributed by atoms with Crippen molar-refractivity contribution in [1.82, 2.24) is 9.80 Å². The van der Waals surface area contributed by atoms with Gasteiger partial charge in [0.15, 0.2) is 0 Å². The van der Waals surface area contributed by atoms with Crippen molar-refractivity contribution < 1.29 is 9.53 Å². The summed E-state index contributed by atoms with van der Waals surface area (Å²) in [6.45, 7) is 15.0. The normalized spacial score (nSPS) is 25.7. The Balaban J connectivity index is 1.60. The van der Waals surface area contributed by atoms with Crippen molar-refractivity contribution in [2.45, 2.75) is 65.4 Å². The third-order valence-electron chi connectivity index (χ3n) is 6.35. The van der Waals surface area contributed by atoms with E-state index in [1.165, 1.54) is 24.8 Å². The highest BCUT2D eigenvalue weighted by atomic mass is 35.5. The molecule has 2 aliphatic rings. The van der Waals surface area contributed by atoms with Crippen LogP contribution in [0.3, 0.4) is 0 Å². The summed E-state index contributed by atoms with van der Waals surface area (Å²) in [7, 11) is 0. The molecule has 2 atom stereocenters. The lowest BCUT2D eigenvalue weighted by molar-refractivity contribution is 0.0113. The molecule has 2 fully saturated rings. The second-order valence-corrected chi connectivity index (χ2v) is 11.0. The van der Waals surface area contributed by atoms with Gasteiger partial charge in [-0.3, -0.25) is 4.90 Å². The van der Waals surface area contributed by atoms with Crippen LogP contribution in [0.25, 0.3) is 0 Å². The Labute approximate surface area is 181 Å². The predicted octanol–water partition coefficient (Wildman–Crippen LogP) is 5.80. The number of benzene rings is 1. The maximum atomic E-state index is 12.3. The van der Waals surface area contributed by atoms with Crippen molar-refractivity contribution in [3.05, 3.63) is 34.9 Å². The van der Waals surface area contributed by atoms with Gasteiger partial charge in [0.2, 0.25) is 0 Å². The molecular formula is C24H37ClN2O2. The second-order valence-electron chi connectivity index (χ2n) is 10.6. The highest BCUT2D eigenvalue weighted by Crippen LogP contribution is 2.47. The molecule has 2 unspecified atom stereocenters. The van der Waals surface area contributed by atoms with Crippen molar-refractivity contribution in [3.63, 3.8) is 0 Å². The first-order valence-electron chi connectivity index (χ1n) is 11.0. The first kappa shape index (κ1) is 22.4. The Bertz CT molecular complexity index is 688. The number of hydrogen-bond donors (Lipinski definition) is 0. The molecule has 0 radical (unpaired) electrons. The Kier molecular flexibility index (Phi) is 6.84. The minimum atomic E-state index is -0.436. The maximum absolute atomic E-state index is 12.3. The average Bonchev–Trinajstić information content (AvgIpc) is 2.63. The van der Waals surface area contributed by atoms with Gasteiger partial charge in [0.05, 0.1) is 0 Å². The van der Waals surface area contributed by atoms with Crippen LogP contribution in [0, 0.1) is 11.3 Å². The van der Waals surface area contributed by atoms with Gasteiger partial charge in [-0.1, -0.05) is 37.6 Å². The van der Waals surface area contributed by atoms with Gasteiger partial charge in [0.25, 0.3) is 0 Å². The number of amides is 1. The third kappa shape index (κ3) is 6.36. The smallest absolute Gasteiger partial charge is 0.410 e. The summed E-state index contributed by atoms with van der Waals surface area (Å²) in [5, 5.41) is 0.804. The molecule has 162 valence electrons. The summed E-state index contributed by atoms with van der Waals surface area (Å²) in [6, 6.07) is 8.47. The third-order valence-corrected chi connectivity index (χ3v) is 6.60. The summed E-state index contributed by atoms with van der Waals surface area (Å²) in [4.78, 5) is 16.7. The molecule has 0 bridgehead atoms. The number of rotatable bonds is 3. The number of nitrogens with zero attached hydrogens (tertiary/aromatic N) is 2. The monoisotopic (exact) mass is 420 g/mol. The van der Waals surface area contributed by atoms with Gasteiger partial charge in [-0.25, -0.2) is 4.79 Å². The molecule has 4 nitrogen and oxygen atoms in total. The zero-order chi connectivity index (χ0) is 21.2. The number of ether oxygens (including phenoxy) is 1. The molecule has 1 aromatic carbocycles. The quantitative estimate of drug-likeness (QED) is 0.619. The molecule has 3 rings (SSSR count). The summed E-state index contributed by atoms with van der Waals surface area (Å²) >= 11 is 6.13. The van der Waals surface area contributed by atoms with Crippen LogP contribution >= 0.6 is 11.6 Å². The molecule has 1 aliphatic carbocycles. The first-order valence-corrected chi connectivity index (χ1v) is 11.4. The van der Waals surface area contributed by atoms with Crippen LogP contribution in [0.5, 0.6) is 0 Å². The Morgan fingerprint density at radius 3 is 2.34 bits per heavy atom. The van der Waals surface area contributed by atoms with E-state index in [9.17, 15) is 4.79 Å².